The number of piperidine rings is 1. The Bertz CT molecular complexity index is 722. The van der Waals surface area contributed by atoms with Crippen molar-refractivity contribution in [2.75, 3.05) is 13.1 Å². The van der Waals surface area contributed by atoms with Crippen molar-refractivity contribution in [1.82, 2.24) is 15.0 Å². The minimum atomic E-state index is -0.131. The second-order valence-electron chi connectivity index (χ2n) is 6.26. The summed E-state index contributed by atoms with van der Waals surface area (Å²) in [6, 6.07) is 1.74. The molecule has 0 spiro atoms. The van der Waals surface area contributed by atoms with Gasteiger partial charge in [0.1, 0.15) is 11.9 Å². The normalized spacial score (nSPS) is 27.2. The van der Waals surface area contributed by atoms with Crippen molar-refractivity contribution in [2.45, 2.75) is 38.9 Å². The molecule has 0 bridgehead atoms. The van der Waals surface area contributed by atoms with Gasteiger partial charge in [-0.2, -0.15) is 4.98 Å². The molecule has 2 fully saturated rings. The number of aromatic nitrogens is 2. The molecule has 2 aliphatic rings. The van der Waals surface area contributed by atoms with Gasteiger partial charge in [-0.3, -0.25) is 4.79 Å². The molecule has 2 aromatic rings. The first-order valence-corrected chi connectivity index (χ1v) is 7.91. The van der Waals surface area contributed by atoms with Crippen LogP contribution in [0.5, 0.6) is 0 Å². The lowest BCUT2D eigenvalue weighted by atomic mass is 9.92. The van der Waals surface area contributed by atoms with E-state index < -0.39 is 0 Å². The summed E-state index contributed by atoms with van der Waals surface area (Å²) < 4.78 is 16.3. The minimum Gasteiger partial charge on any atom is -0.469 e. The Morgan fingerprint density at radius 1 is 1.39 bits per heavy atom. The van der Waals surface area contributed by atoms with E-state index >= 15 is 0 Å². The molecule has 0 saturated carbocycles. The first-order valence-electron chi connectivity index (χ1n) is 7.91. The lowest BCUT2D eigenvalue weighted by Crippen LogP contribution is -2.44. The van der Waals surface area contributed by atoms with Crippen LogP contribution in [0.2, 0.25) is 0 Å². The summed E-state index contributed by atoms with van der Waals surface area (Å²) in [4.78, 5) is 18.8. The zero-order valence-corrected chi connectivity index (χ0v) is 13.2. The molecule has 7 heteroatoms. The van der Waals surface area contributed by atoms with Crippen LogP contribution in [0.25, 0.3) is 0 Å². The van der Waals surface area contributed by atoms with Gasteiger partial charge in [0.05, 0.1) is 17.9 Å². The topological polar surface area (TPSA) is 81.6 Å². The number of amides is 1. The van der Waals surface area contributed by atoms with Gasteiger partial charge in [0.2, 0.25) is 11.7 Å². The number of hydrogen-bond acceptors (Lipinski definition) is 6. The van der Waals surface area contributed by atoms with Crippen LogP contribution < -0.4 is 0 Å². The molecule has 2 aromatic heterocycles. The third kappa shape index (κ3) is 2.55. The summed E-state index contributed by atoms with van der Waals surface area (Å²) in [5, 5.41) is 3.96. The first kappa shape index (κ1) is 14.4. The van der Waals surface area contributed by atoms with E-state index in [0.29, 0.717) is 42.0 Å². The predicted molar refractivity (Wildman–Crippen MR) is 78.7 cm³/mol. The Hall–Kier alpha value is -2.15. The second kappa shape index (κ2) is 5.49. The average Bonchev–Trinajstić information content (AvgIpc) is 3.24. The van der Waals surface area contributed by atoms with Gasteiger partial charge < -0.3 is 18.6 Å². The van der Waals surface area contributed by atoms with Gasteiger partial charge in [0.15, 0.2) is 0 Å². The fraction of sp³-hybridized carbons (Fsp3) is 0.562. The molecule has 7 nitrogen and oxygen atoms in total. The molecular formula is C16H19N3O4. The summed E-state index contributed by atoms with van der Waals surface area (Å²) in [6.45, 7) is 4.98. The minimum absolute atomic E-state index is 0.0357. The number of nitrogens with zero attached hydrogens (tertiary/aromatic N) is 3. The summed E-state index contributed by atoms with van der Waals surface area (Å²) in [7, 11) is 0. The Balaban J connectivity index is 1.45. The molecule has 0 aliphatic carbocycles. The molecule has 4 rings (SSSR count). The van der Waals surface area contributed by atoms with Gasteiger partial charge in [-0.1, -0.05) is 5.16 Å². The quantitative estimate of drug-likeness (QED) is 0.845. The molecule has 1 amide bonds. The molecule has 0 N–H and O–H groups in total. The number of fused-ring (bicyclic) bond motifs is 1. The molecule has 0 unspecified atom stereocenters. The maximum absolute atomic E-state index is 12.6. The molecule has 4 heterocycles. The van der Waals surface area contributed by atoms with Gasteiger partial charge >= 0.3 is 0 Å². The zero-order valence-electron chi connectivity index (χ0n) is 13.2. The van der Waals surface area contributed by atoms with E-state index in [1.807, 2.05) is 11.8 Å². The number of rotatable bonds is 2. The maximum atomic E-state index is 12.6. The van der Waals surface area contributed by atoms with Crippen LogP contribution >= 0.6 is 0 Å². The first-order chi connectivity index (χ1) is 11.1. The van der Waals surface area contributed by atoms with E-state index in [1.54, 1.807) is 19.3 Å². The van der Waals surface area contributed by atoms with Crippen molar-refractivity contribution >= 4 is 5.91 Å². The summed E-state index contributed by atoms with van der Waals surface area (Å²) in [6.07, 6.45) is 3.24. The van der Waals surface area contributed by atoms with Crippen LogP contribution in [-0.2, 0) is 4.74 Å². The van der Waals surface area contributed by atoms with Crippen molar-refractivity contribution in [2.24, 2.45) is 5.92 Å². The average molecular weight is 317 g/mol. The van der Waals surface area contributed by atoms with Gasteiger partial charge in [-0.25, -0.2) is 0 Å². The van der Waals surface area contributed by atoms with E-state index in [0.717, 1.165) is 12.8 Å². The Labute approximate surface area is 133 Å². The maximum Gasteiger partial charge on any atom is 0.257 e. The number of hydrogen-bond donors (Lipinski definition) is 0. The van der Waals surface area contributed by atoms with Gasteiger partial charge in [0.25, 0.3) is 5.91 Å². The molecule has 23 heavy (non-hydrogen) atoms. The van der Waals surface area contributed by atoms with Crippen LogP contribution in [0.15, 0.2) is 21.3 Å². The van der Waals surface area contributed by atoms with Crippen molar-refractivity contribution in [3.8, 4) is 0 Å². The summed E-state index contributed by atoms with van der Waals surface area (Å²) in [5.74, 6) is 2.17. The SMILES string of the molecule is Cc1nc([C@@H]2C[C@@H]3CN(C(=O)c4ccoc4C)CC[C@H]3O2)no1. The zero-order chi connectivity index (χ0) is 16.0. The van der Waals surface area contributed by atoms with E-state index in [-0.39, 0.29) is 18.1 Å². The third-order valence-electron chi connectivity index (χ3n) is 4.73. The van der Waals surface area contributed by atoms with Crippen molar-refractivity contribution < 1.29 is 18.5 Å². The van der Waals surface area contributed by atoms with Crippen molar-refractivity contribution in [3.05, 3.63) is 35.4 Å². The standard InChI is InChI=1S/C16H19N3O4/c1-9-12(4-6-21-9)16(20)19-5-3-13-11(8-19)7-14(22-13)15-17-10(2)23-18-15/h4,6,11,13-14H,3,5,7-8H2,1-2H3/t11-,13-,14+/m1/s1. The highest BCUT2D eigenvalue weighted by Gasteiger charge is 2.42. The number of likely N-dealkylation sites (tertiary alicyclic amines) is 1. The number of furan rings is 1. The summed E-state index contributed by atoms with van der Waals surface area (Å²) in [5.41, 5.74) is 0.646. The van der Waals surface area contributed by atoms with E-state index in [1.165, 1.54) is 0 Å². The van der Waals surface area contributed by atoms with Crippen LogP contribution in [-0.4, -0.2) is 40.1 Å². The molecule has 3 atom stereocenters. The lowest BCUT2D eigenvalue weighted by molar-refractivity contribution is -0.00100. The third-order valence-corrected chi connectivity index (χ3v) is 4.73. The van der Waals surface area contributed by atoms with Gasteiger partial charge in [-0.15, -0.1) is 0 Å². The van der Waals surface area contributed by atoms with Crippen molar-refractivity contribution in [3.63, 3.8) is 0 Å². The molecule has 122 valence electrons. The summed E-state index contributed by atoms with van der Waals surface area (Å²) >= 11 is 0. The molecule has 0 aromatic carbocycles. The van der Waals surface area contributed by atoms with Crippen LogP contribution in [0.1, 0.15) is 46.8 Å². The number of aryl methyl sites for hydroxylation is 2. The number of carbonyl (C=O) groups is 1. The Morgan fingerprint density at radius 2 is 2.26 bits per heavy atom. The Kier molecular flexibility index (Phi) is 3.45. The van der Waals surface area contributed by atoms with Gasteiger partial charge in [0, 0.05) is 25.9 Å². The fourth-order valence-corrected chi connectivity index (χ4v) is 3.53. The lowest BCUT2D eigenvalue weighted by Gasteiger charge is -2.33. The molecule has 2 saturated heterocycles. The molecular weight excluding hydrogens is 298 g/mol. The van der Waals surface area contributed by atoms with E-state index in [9.17, 15) is 4.79 Å². The van der Waals surface area contributed by atoms with Crippen LogP contribution in [0.3, 0.4) is 0 Å². The van der Waals surface area contributed by atoms with E-state index in [2.05, 4.69) is 10.1 Å². The monoisotopic (exact) mass is 317 g/mol. The number of carbonyl (C=O) groups excluding carboxylic acids is 1. The highest BCUT2D eigenvalue weighted by molar-refractivity contribution is 5.95. The molecule has 2 aliphatic heterocycles. The van der Waals surface area contributed by atoms with Gasteiger partial charge in [-0.05, 0) is 25.8 Å². The highest BCUT2D eigenvalue weighted by atomic mass is 16.5. The highest BCUT2D eigenvalue weighted by Crippen LogP contribution is 2.40. The van der Waals surface area contributed by atoms with Crippen LogP contribution in [0.4, 0.5) is 0 Å². The molecule has 0 radical (unpaired) electrons. The fourth-order valence-electron chi connectivity index (χ4n) is 3.53. The van der Waals surface area contributed by atoms with Crippen molar-refractivity contribution in [1.29, 1.82) is 0 Å². The van der Waals surface area contributed by atoms with Crippen LogP contribution in [0, 0.1) is 19.8 Å². The largest absolute Gasteiger partial charge is 0.469 e. The second-order valence-corrected chi connectivity index (χ2v) is 6.26. The Morgan fingerprint density at radius 3 is 2.96 bits per heavy atom. The number of ether oxygens (including phenoxy) is 1. The van der Waals surface area contributed by atoms with E-state index in [4.69, 9.17) is 13.7 Å². The predicted octanol–water partition coefficient (Wildman–Crippen LogP) is 2.27. The smallest absolute Gasteiger partial charge is 0.257 e.